The number of carboxylic acid groups (broad SMARTS) is 1. The Bertz CT molecular complexity index is 1440. The molecule has 1 heterocycles. The quantitative estimate of drug-likeness (QED) is 0.244. The van der Waals surface area contributed by atoms with Crippen molar-refractivity contribution in [3.05, 3.63) is 124 Å². The molecule has 0 fully saturated rings. The molecule has 3 aromatic carbocycles. The van der Waals surface area contributed by atoms with Gasteiger partial charge in [-0.25, -0.2) is 14.8 Å². The number of carbonyl (C=O) groups is 2. The van der Waals surface area contributed by atoms with E-state index in [9.17, 15) is 14.7 Å². The molecule has 0 aliphatic heterocycles. The molecule has 212 valence electrons. The largest absolute Gasteiger partial charge is 0.478 e. The van der Waals surface area contributed by atoms with E-state index in [4.69, 9.17) is 9.47 Å². The maximum atomic E-state index is 13.1. The van der Waals surface area contributed by atoms with Crippen LogP contribution in [0.2, 0.25) is 0 Å². The van der Waals surface area contributed by atoms with Crippen LogP contribution in [0, 0.1) is 34.6 Å². The lowest BCUT2D eigenvalue weighted by Crippen LogP contribution is -2.52. The van der Waals surface area contributed by atoms with Crippen LogP contribution in [0.25, 0.3) is 0 Å². The highest BCUT2D eigenvalue weighted by molar-refractivity contribution is 5.97. The first kappa shape index (κ1) is 29.4. The van der Waals surface area contributed by atoms with Crippen LogP contribution >= 0.6 is 0 Å². The summed E-state index contributed by atoms with van der Waals surface area (Å²) in [7, 11) is 0. The van der Waals surface area contributed by atoms with E-state index in [1.807, 2.05) is 69.3 Å². The highest BCUT2D eigenvalue weighted by atomic mass is 16.6. The number of benzene rings is 3. The standard InChI is InChI=1S/C33H35N3O5/c1-21-18-22(2)28(23(3)19-21)30(37)34-16-17-40-33(26-12-8-6-9-13-26,27-14-10-7-11-15-27)29(31(38)39)41-32-35-24(4)20-25(5)36-32/h6-15,18-20,29H,16-17H2,1-5H3,(H,34,37)(H,38,39). The molecule has 0 spiro atoms. The molecule has 0 saturated heterocycles. The Morgan fingerprint density at radius 3 is 1.83 bits per heavy atom. The van der Waals surface area contributed by atoms with E-state index in [1.165, 1.54) is 0 Å². The van der Waals surface area contributed by atoms with Gasteiger partial charge >= 0.3 is 12.0 Å². The SMILES string of the molecule is Cc1cc(C)c(C(=O)NCCOC(c2ccccc2)(c2ccccc2)C(Oc2nc(C)cc(C)n2)C(=O)O)c(C)c1. The second-order valence-electron chi connectivity index (χ2n) is 10.1. The number of nitrogens with zero attached hydrogens (tertiary/aromatic N) is 2. The predicted octanol–water partition coefficient (Wildman–Crippen LogP) is 5.24. The summed E-state index contributed by atoms with van der Waals surface area (Å²) in [5, 5.41) is 13.5. The second-order valence-corrected chi connectivity index (χ2v) is 10.1. The second kappa shape index (κ2) is 12.7. The highest BCUT2D eigenvalue weighted by Crippen LogP contribution is 2.39. The molecule has 0 radical (unpaired) electrons. The van der Waals surface area contributed by atoms with E-state index in [1.54, 1.807) is 44.2 Å². The van der Waals surface area contributed by atoms with Crippen LogP contribution < -0.4 is 10.1 Å². The number of rotatable bonds is 11. The lowest BCUT2D eigenvalue weighted by atomic mass is 9.81. The van der Waals surface area contributed by atoms with Gasteiger partial charge in [0.15, 0.2) is 5.60 Å². The van der Waals surface area contributed by atoms with Gasteiger partial charge in [-0.2, -0.15) is 0 Å². The van der Waals surface area contributed by atoms with Crippen molar-refractivity contribution in [1.82, 2.24) is 15.3 Å². The molecule has 4 rings (SSSR count). The zero-order chi connectivity index (χ0) is 29.6. The average molecular weight is 554 g/mol. The number of nitrogens with one attached hydrogen (secondary N) is 1. The van der Waals surface area contributed by atoms with E-state index >= 15 is 0 Å². The Hall–Kier alpha value is -4.56. The number of hydrogen-bond donors (Lipinski definition) is 2. The third-order valence-electron chi connectivity index (χ3n) is 6.81. The fourth-order valence-corrected chi connectivity index (χ4v) is 5.25. The molecule has 1 unspecified atom stereocenters. The maximum Gasteiger partial charge on any atom is 0.348 e. The van der Waals surface area contributed by atoms with Gasteiger partial charge in [0.1, 0.15) is 0 Å². The number of carboxylic acids is 1. The average Bonchev–Trinajstić information content (AvgIpc) is 2.92. The van der Waals surface area contributed by atoms with Crippen LogP contribution in [0.5, 0.6) is 6.01 Å². The summed E-state index contributed by atoms with van der Waals surface area (Å²) in [6, 6.07) is 23.8. The summed E-state index contributed by atoms with van der Waals surface area (Å²) in [5.74, 6) is -1.47. The number of amides is 1. The van der Waals surface area contributed by atoms with Gasteiger partial charge in [-0.3, -0.25) is 4.79 Å². The van der Waals surface area contributed by atoms with Gasteiger partial charge in [0.05, 0.1) is 6.61 Å². The van der Waals surface area contributed by atoms with Gasteiger partial charge in [0.25, 0.3) is 5.91 Å². The molecule has 8 nitrogen and oxygen atoms in total. The van der Waals surface area contributed by atoms with E-state index < -0.39 is 17.7 Å². The van der Waals surface area contributed by atoms with Gasteiger partial charge in [0, 0.05) is 23.5 Å². The van der Waals surface area contributed by atoms with Gasteiger partial charge in [0.2, 0.25) is 6.10 Å². The van der Waals surface area contributed by atoms with E-state index in [2.05, 4.69) is 15.3 Å². The van der Waals surface area contributed by atoms with Crippen molar-refractivity contribution < 1.29 is 24.2 Å². The molecule has 0 aliphatic rings. The lowest BCUT2D eigenvalue weighted by Gasteiger charge is -2.39. The van der Waals surface area contributed by atoms with Crippen LogP contribution in [-0.2, 0) is 15.1 Å². The predicted molar refractivity (Wildman–Crippen MR) is 156 cm³/mol. The number of ether oxygens (including phenoxy) is 2. The Morgan fingerprint density at radius 1 is 0.829 bits per heavy atom. The summed E-state index contributed by atoms with van der Waals surface area (Å²) >= 11 is 0. The van der Waals surface area contributed by atoms with Crippen LogP contribution in [0.4, 0.5) is 0 Å². The number of aliphatic carboxylic acids is 1. The van der Waals surface area contributed by atoms with Crippen LogP contribution in [0.3, 0.4) is 0 Å². The Morgan fingerprint density at radius 2 is 1.34 bits per heavy atom. The molecule has 1 atom stereocenters. The van der Waals surface area contributed by atoms with Crippen LogP contribution in [0.1, 0.15) is 49.6 Å². The molecule has 41 heavy (non-hydrogen) atoms. The number of hydrogen-bond acceptors (Lipinski definition) is 6. The third-order valence-corrected chi connectivity index (χ3v) is 6.81. The normalized spacial score (nSPS) is 12.0. The van der Waals surface area contributed by atoms with Crippen molar-refractivity contribution in [2.24, 2.45) is 0 Å². The Kier molecular flexibility index (Phi) is 9.14. The molecular weight excluding hydrogens is 518 g/mol. The fraction of sp³-hybridized carbons (Fsp3) is 0.273. The Labute approximate surface area is 240 Å². The summed E-state index contributed by atoms with van der Waals surface area (Å²) in [5.41, 5.74) is 4.30. The van der Waals surface area contributed by atoms with Crippen molar-refractivity contribution in [1.29, 1.82) is 0 Å². The zero-order valence-corrected chi connectivity index (χ0v) is 24.0. The minimum atomic E-state index is -1.60. The summed E-state index contributed by atoms with van der Waals surface area (Å²) in [6.07, 6.45) is -1.56. The number of carbonyl (C=O) groups excluding carboxylic acids is 1. The van der Waals surface area contributed by atoms with Gasteiger partial charge in [-0.05, 0) is 62.9 Å². The Balaban J connectivity index is 1.71. The van der Waals surface area contributed by atoms with Crippen molar-refractivity contribution in [2.75, 3.05) is 13.2 Å². The molecular formula is C33H35N3O5. The fourth-order valence-electron chi connectivity index (χ4n) is 5.25. The number of aryl methyl sites for hydroxylation is 5. The molecule has 1 amide bonds. The highest BCUT2D eigenvalue weighted by Gasteiger charge is 2.50. The molecule has 4 aromatic rings. The molecule has 8 heteroatoms. The summed E-state index contributed by atoms with van der Waals surface area (Å²) in [6.45, 7) is 9.52. The first-order chi connectivity index (χ1) is 19.6. The summed E-state index contributed by atoms with van der Waals surface area (Å²) in [4.78, 5) is 34.7. The van der Waals surface area contributed by atoms with Gasteiger partial charge < -0.3 is 19.9 Å². The molecule has 1 aromatic heterocycles. The van der Waals surface area contributed by atoms with Crippen molar-refractivity contribution in [3.63, 3.8) is 0 Å². The number of aromatic nitrogens is 2. The van der Waals surface area contributed by atoms with Crippen LogP contribution in [-0.4, -0.2) is 46.2 Å². The molecule has 0 saturated carbocycles. The smallest absolute Gasteiger partial charge is 0.348 e. The van der Waals surface area contributed by atoms with Gasteiger partial charge in [-0.15, -0.1) is 0 Å². The zero-order valence-electron chi connectivity index (χ0n) is 24.0. The maximum absolute atomic E-state index is 13.1. The lowest BCUT2D eigenvalue weighted by molar-refractivity contribution is -0.164. The first-order valence-corrected chi connectivity index (χ1v) is 13.4. The van der Waals surface area contributed by atoms with Crippen molar-refractivity contribution in [2.45, 2.75) is 46.3 Å². The van der Waals surface area contributed by atoms with Crippen LogP contribution in [0.15, 0.2) is 78.9 Å². The van der Waals surface area contributed by atoms with Crippen molar-refractivity contribution >= 4 is 11.9 Å². The minimum Gasteiger partial charge on any atom is -0.478 e. The molecule has 0 aliphatic carbocycles. The van der Waals surface area contributed by atoms with E-state index in [0.717, 1.165) is 16.7 Å². The molecule has 0 bridgehead atoms. The topological polar surface area (TPSA) is 111 Å². The van der Waals surface area contributed by atoms with E-state index in [-0.39, 0.29) is 25.1 Å². The van der Waals surface area contributed by atoms with Crippen molar-refractivity contribution in [3.8, 4) is 6.01 Å². The third kappa shape index (κ3) is 6.61. The first-order valence-electron chi connectivity index (χ1n) is 13.4. The monoisotopic (exact) mass is 553 g/mol. The molecule has 2 N–H and O–H groups in total. The van der Waals surface area contributed by atoms with Gasteiger partial charge in [-0.1, -0.05) is 78.4 Å². The summed E-state index contributed by atoms with van der Waals surface area (Å²) < 4.78 is 12.6. The van der Waals surface area contributed by atoms with E-state index in [0.29, 0.717) is 28.1 Å². The minimum absolute atomic E-state index is 0.000325.